The van der Waals surface area contributed by atoms with Crippen molar-refractivity contribution in [3.63, 3.8) is 0 Å². The van der Waals surface area contributed by atoms with Crippen LogP contribution < -0.4 is 5.56 Å². The van der Waals surface area contributed by atoms with Gasteiger partial charge in [0.1, 0.15) is 5.56 Å². The number of amides is 1. The fourth-order valence-corrected chi connectivity index (χ4v) is 2.71. The van der Waals surface area contributed by atoms with Crippen molar-refractivity contribution in [1.82, 2.24) is 14.4 Å². The highest BCUT2D eigenvalue weighted by Crippen LogP contribution is 2.20. The maximum Gasteiger partial charge on any atom is 0.263 e. The molecule has 0 aliphatic carbocycles. The quantitative estimate of drug-likeness (QED) is 0.890. The van der Waals surface area contributed by atoms with E-state index in [9.17, 15) is 14.7 Å². The lowest BCUT2D eigenvalue weighted by molar-refractivity contribution is 0.0136. The number of carbonyl (C=O) groups excluding carboxylic acids is 1. The van der Waals surface area contributed by atoms with E-state index in [2.05, 4.69) is 4.90 Å². The first kappa shape index (κ1) is 18.7. The average molecular weight is 335 g/mol. The Hall–Kier alpha value is -1.66. The maximum absolute atomic E-state index is 12.6. The van der Waals surface area contributed by atoms with Gasteiger partial charge < -0.3 is 14.6 Å². The van der Waals surface area contributed by atoms with Gasteiger partial charge in [-0.2, -0.15) is 0 Å². The molecule has 1 fully saturated rings. The number of β-amino-alcohol motifs (C(OH)–C–C–N with tert-alkyl or cyclic N) is 1. The van der Waals surface area contributed by atoms with Crippen LogP contribution >= 0.6 is 0 Å². The minimum Gasteiger partial charge on any atom is -0.391 e. The first-order valence-electron chi connectivity index (χ1n) is 8.47. The van der Waals surface area contributed by atoms with E-state index in [0.717, 1.165) is 5.69 Å². The molecular formula is C18H29N3O3. The molecule has 0 aromatic carbocycles. The number of piperazine rings is 1. The first-order chi connectivity index (χ1) is 11.1. The van der Waals surface area contributed by atoms with Crippen molar-refractivity contribution >= 4 is 5.91 Å². The van der Waals surface area contributed by atoms with Gasteiger partial charge in [0.2, 0.25) is 0 Å². The fraction of sp³-hybridized carbons (Fsp3) is 0.667. The van der Waals surface area contributed by atoms with Gasteiger partial charge in [-0.1, -0.05) is 20.8 Å². The Morgan fingerprint density at radius 2 is 1.79 bits per heavy atom. The Morgan fingerprint density at radius 1 is 1.21 bits per heavy atom. The molecule has 1 amide bonds. The number of aliphatic hydroxyl groups is 1. The Labute approximate surface area is 143 Å². The molecule has 1 aromatic heterocycles. The van der Waals surface area contributed by atoms with Gasteiger partial charge in [-0.25, -0.2) is 0 Å². The molecule has 0 radical (unpaired) electrons. The van der Waals surface area contributed by atoms with Crippen molar-refractivity contribution in [3.05, 3.63) is 33.7 Å². The number of aryl methyl sites for hydroxylation is 1. The average Bonchev–Trinajstić information content (AvgIpc) is 2.52. The number of carbonyl (C=O) groups is 1. The SMILES string of the molecule is Cc1ccc(C(=O)N2CCN(CC(O)C(C)(C)C)CC2)c(=O)n1C. The third kappa shape index (κ3) is 4.05. The smallest absolute Gasteiger partial charge is 0.263 e. The number of pyridine rings is 1. The molecule has 0 spiro atoms. The van der Waals surface area contributed by atoms with Crippen LogP contribution in [0.4, 0.5) is 0 Å². The van der Waals surface area contributed by atoms with Crippen molar-refractivity contribution in [2.45, 2.75) is 33.8 Å². The van der Waals surface area contributed by atoms with Crippen LogP contribution in [0.1, 0.15) is 36.8 Å². The molecule has 1 unspecified atom stereocenters. The number of nitrogens with zero attached hydrogens (tertiary/aromatic N) is 3. The molecule has 1 N–H and O–H groups in total. The van der Waals surface area contributed by atoms with Crippen molar-refractivity contribution in [3.8, 4) is 0 Å². The predicted octanol–water partition coefficient (Wildman–Crippen LogP) is 0.859. The lowest BCUT2D eigenvalue weighted by Crippen LogP contribution is -2.52. The van der Waals surface area contributed by atoms with Gasteiger partial charge in [0.05, 0.1) is 6.10 Å². The fourth-order valence-electron chi connectivity index (χ4n) is 2.71. The molecule has 1 aliphatic rings. The zero-order valence-electron chi connectivity index (χ0n) is 15.4. The normalized spacial score (nSPS) is 17.8. The van der Waals surface area contributed by atoms with E-state index in [1.165, 1.54) is 4.57 Å². The largest absolute Gasteiger partial charge is 0.391 e. The topological polar surface area (TPSA) is 65.8 Å². The predicted molar refractivity (Wildman–Crippen MR) is 94.2 cm³/mol. The van der Waals surface area contributed by atoms with Gasteiger partial charge in [-0.05, 0) is 24.5 Å². The summed E-state index contributed by atoms with van der Waals surface area (Å²) in [5, 5.41) is 10.2. The van der Waals surface area contributed by atoms with Gasteiger partial charge in [-0.3, -0.25) is 14.5 Å². The Morgan fingerprint density at radius 3 is 2.33 bits per heavy atom. The van der Waals surface area contributed by atoms with Gasteiger partial charge in [0.15, 0.2) is 0 Å². The second-order valence-electron chi connectivity index (χ2n) is 7.73. The van der Waals surface area contributed by atoms with E-state index >= 15 is 0 Å². The van der Waals surface area contributed by atoms with Crippen molar-refractivity contribution in [1.29, 1.82) is 0 Å². The summed E-state index contributed by atoms with van der Waals surface area (Å²) in [7, 11) is 1.68. The van der Waals surface area contributed by atoms with E-state index in [1.807, 2.05) is 27.7 Å². The second kappa shape index (κ2) is 7.07. The van der Waals surface area contributed by atoms with Crippen LogP contribution in [0.2, 0.25) is 0 Å². The van der Waals surface area contributed by atoms with Crippen molar-refractivity contribution in [2.24, 2.45) is 12.5 Å². The molecule has 6 heteroatoms. The summed E-state index contributed by atoms with van der Waals surface area (Å²) < 4.78 is 1.50. The highest BCUT2D eigenvalue weighted by Gasteiger charge is 2.28. The first-order valence-corrected chi connectivity index (χ1v) is 8.47. The summed E-state index contributed by atoms with van der Waals surface area (Å²) in [6.45, 7) is 11.1. The molecule has 2 rings (SSSR count). The molecule has 1 aromatic rings. The molecular weight excluding hydrogens is 306 g/mol. The number of hydrogen-bond acceptors (Lipinski definition) is 4. The molecule has 1 aliphatic heterocycles. The van der Waals surface area contributed by atoms with E-state index in [1.54, 1.807) is 24.1 Å². The van der Waals surface area contributed by atoms with E-state index in [0.29, 0.717) is 32.7 Å². The number of hydrogen-bond donors (Lipinski definition) is 1. The van der Waals surface area contributed by atoms with Crippen molar-refractivity contribution < 1.29 is 9.90 Å². The van der Waals surface area contributed by atoms with Crippen LogP contribution in [-0.2, 0) is 7.05 Å². The van der Waals surface area contributed by atoms with Crippen LogP contribution in [0.5, 0.6) is 0 Å². The van der Waals surface area contributed by atoms with Crippen molar-refractivity contribution in [2.75, 3.05) is 32.7 Å². The summed E-state index contributed by atoms with van der Waals surface area (Å²) in [6.07, 6.45) is -0.399. The molecule has 24 heavy (non-hydrogen) atoms. The molecule has 1 atom stereocenters. The molecule has 6 nitrogen and oxygen atoms in total. The molecule has 2 heterocycles. The third-order valence-electron chi connectivity index (χ3n) is 4.88. The van der Waals surface area contributed by atoms with Crippen LogP contribution in [0.25, 0.3) is 0 Å². The summed E-state index contributed by atoms with van der Waals surface area (Å²) in [5.74, 6) is -0.202. The molecule has 0 bridgehead atoms. The van der Waals surface area contributed by atoms with Gasteiger partial charge in [-0.15, -0.1) is 0 Å². The molecule has 0 saturated carbocycles. The minimum absolute atomic E-state index is 0.152. The van der Waals surface area contributed by atoms with Gasteiger partial charge in [0.25, 0.3) is 11.5 Å². The number of aromatic nitrogens is 1. The van der Waals surface area contributed by atoms with E-state index < -0.39 is 6.10 Å². The van der Waals surface area contributed by atoms with Gasteiger partial charge >= 0.3 is 0 Å². The highest BCUT2D eigenvalue weighted by molar-refractivity contribution is 5.94. The van der Waals surface area contributed by atoms with Crippen LogP contribution in [0.15, 0.2) is 16.9 Å². The van der Waals surface area contributed by atoms with Crippen LogP contribution in [0, 0.1) is 12.3 Å². The molecule has 134 valence electrons. The Bertz CT molecular complexity index is 652. The summed E-state index contributed by atoms with van der Waals surface area (Å²) in [6, 6.07) is 3.42. The Balaban J connectivity index is 1.99. The summed E-state index contributed by atoms with van der Waals surface area (Å²) >= 11 is 0. The van der Waals surface area contributed by atoms with E-state index in [4.69, 9.17) is 0 Å². The number of aliphatic hydroxyl groups excluding tert-OH is 1. The number of rotatable bonds is 3. The van der Waals surface area contributed by atoms with Gasteiger partial charge in [0, 0.05) is 45.5 Å². The van der Waals surface area contributed by atoms with Crippen LogP contribution in [0.3, 0.4) is 0 Å². The Kier molecular flexibility index (Phi) is 5.50. The lowest BCUT2D eigenvalue weighted by Gasteiger charge is -2.38. The minimum atomic E-state index is -0.399. The highest BCUT2D eigenvalue weighted by atomic mass is 16.3. The zero-order valence-corrected chi connectivity index (χ0v) is 15.4. The summed E-state index contributed by atoms with van der Waals surface area (Å²) in [4.78, 5) is 28.8. The summed E-state index contributed by atoms with van der Waals surface area (Å²) in [5.41, 5.74) is 0.663. The zero-order chi connectivity index (χ0) is 18.1. The third-order valence-corrected chi connectivity index (χ3v) is 4.88. The standard InChI is InChI=1S/C18H29N3O3/c1-13-6-7-14(16(23)19(13)5)17(24)21-10-8-20(9-11-21)12-15(22)18(2,3)4/h6-7,15,22H,8-12H2,1-5H3. The van der Waals surface area contributed by atoms with E-state index in [-0.39, 0.29) is 22.4 Å². The lowest BCUT2D eigenvalue weighted by atomic mass is 9.89. The monoisotopic (exact) mass is 335 g/mol. The molecule has 1 saturated heterocycles. The van der Waals surface area contributed by atoms with Crippen LogP contribution in [-0.4, -0.2) is 64.2 Å². The maximum atomic E-state index is 12.6. The second-order valence-corrected chi connectivity index (χ2v) is 7.73.